The van der Waals surface area contributed by atoms with E-state index in [4.69, 9.17) is 37.0 Å². The number of phosphoric ester groups is 2. The number of ether oxygens (including phenoxy) is 4. The van der Waals surface area contributed by atoms with Crippen LogP contribution in [0.4, 0.5) is 0 Å². The summed E-state index contributed by atoms with van der Waals surface area (Å²) in [7, 11) is -9.89. The largest absolute Gasteiger partial charge is 0.472 e. The number of carbonyl (C=O) groups is 4. The molecule has 0 saturated heterocycles. The monoisotopic (exact) mass is 1300 g/mol. The zero-order valence-electron chi connectivity index (χ0n) is 57.3. The van der Waals surface area contributed by atoms with E-state index in [9.17, 15) is 43.2 Å². The Morgan fingerprint density at radius 3 is 0.705 bits per heavy atom. The summed E-state index contributed by atoms with van der Waals surface area (Å²) in [4.78, 5) is 72.3. The third-order valence-corrected chi connectivity index (χ3v) is 17.7. The minimum absolute atomic E-state index is 0.101. The molecule has 0 aliphatic heterocycles. The second-order valence-electron chi connectivity index (χ2n) is 26.8. The number of rotatable bonds is 66. The van der Waals surface area contributed by atoms with Crippen molar-refractivity contribution in [1.82, 2.24) is 0 Å². The molecule has 522 valence electrons. The van der Waals surface area contributed by atoms with Crippen LogP contribution >= 0.6 is 15.6 Å². The maximum atomic E-state index is 13.0. The van der Waals surface area contributed by atoms with E-state index in [1.165, 1.54) is 141 Å². The Morgan fingerprint density at radius 1 is 0.284 bits per heavy atom. The third-order valence-electron chi connectivity index (χ3n) is 15.8. The first kappa shape index (κ1) is 86.1. The number of aliphatic hydroxyl groups is 1. The predicted molar refractivity (Wildman–Crippen MR) is 354 cm³/mol. The zero-order valence-corrected chi connectivity index (χ0v) is 59.1. The Labute approximate surface area is 537 Å². The van der Waals surface area contributed by atoms with E-state index < -0.39 is 97.5 Å². The van der Waals surface area contributed by atoms with Gasteiger partial charge in [0.05, 0.1) is 26.4 Å². The van der Waals surface area contributed by atoms with E-state index >= 15 is 0 Å². The molecule has 0 bridgehead atoms. The summed E-state index contributed by atoms with van der Waals surface area (Å²) in [6, 6.07) is 0. The van der Waals surface area contributed by atoms with E-state index in [2.05, 4.69) is 55.4 Å². The van der Waals surface area contributed by atoms with Gasteiger partial charge in [-0.1, -0.05) is 287 Å². The van der Waals surface area contributed by atoms with Crippen molar-refractivity contribution < 1.29 is 80.2 Å². The van der Waals surface area contributed by atoms with Crippen molar-refractivity contribution in [3.05, 3.63) is 0 Å². The molecule has 0 aliphatic carbocycles. The minimum atomic E-state index is -4.95. The Bertz CT molecular complexity index is 1750. The first-order valence-corrected chi connectivity index (χ1v) is 38.7. The third kappa shape index (κ3) is 62.8. The van der Waals surface area contributed by atoms with Gasteiger partial charge in [0.1, 0.15) is 19.3 Å². The first-order chi connectivity index (χ1) is 42.1. The van der Waals surface area contributed by atoms with Crippen LogP contribution in [-0.2, 0) is 65.4 Å². The summed E-state index contributed by atoms with van der Waals surface area (Å²) >= 11 is 0. The minimum Gasteiger partial charge on any atom is -0.462 e. The SMILES string of the molecule is CC(C)CCCCCCCCCCCCCCCCCCC(=O)OC[C@H](COP(=O)(O)OCC(O)COP(=O)(O)OC[C@@H](COC(=O)CCCCCCCCCCC(C)C)OC(=O)CCCCCCCCC(C)C)OC(=O)CCCCCCCCC(C)C. The number of carbonyl (C=O) groups excluding carboxylic acids is 4. The van der Waals surface area contributed by atoms with Crippen LogP contribution in [0.5, 0.6) is 0 Å². The number of phosphoric acid groups is 2. The fourth-order valence-electron chi connectivity index (χ4n) is 10.3. The van der Waals surface area contributed by atoms with Crippen molar-refractivity contribution in [2.24, 2.45) is 23.7 Å². The van der Waals surface area contributed by atoms with Gasteiger partial charge in [-0.2, -0.15) is 0 Å². The topological polar surface area (TPSA) is 237 Å². The van der Waals surface area contributed by atoms with E-state index in [-0.39, 0.29) is 25.7 Å². The molecule has 0 aromatic rings. The number of hydrogen-bond acceptors (Lipinski definition) is 15. The van der Waals surface area contributed by atoms with Crippen molar-refractivity contribution >= 4 is 39.5 Å². The number of aliphatic hydroxyl groups excluding tert-OH is 1. The lowest BCUT2D eigenvalue weighted by atomic mass is 10.0. The molecular weight excluding hydrogens is 1160 g/mol. The van der Waals surface area contributed by atoms with Crippen LogP contribution < -0.4 is 0 Å². The molecule has 0 radical (unpaired) electrons. The zero-order chi connectivity index (χ0) is 65.4. The van der Waals surface area contributed by atoms with E-state index in [1.54, 1.807) is 0 Å². The average molecular weight is 1300 g/mol. The highest BCUT2D eigenvalue weighted by atomic mass is 31.2. The molecule has 0 spiro atoms. The maximum Gasteiger partial charge on any atom is 0.472 e. The lowest BCUT2D eigenvalue weighted by Gasteiger charge is -2.21. The molecule has 0 aromatic heterocycles. The van der Waals surface area contributed by atoms with Crippen LogP contribution in [0.2, 0.25) is 0 Å². The van der Waals surface area contributed by atoms with Crippen molar-refractivity contribution in [3.63, 3.8) is 0 Å². The van der Waals surface area contributed by atoms with Crippen LogP contribution in [0.25, 0.3) is 0 Å². The second-order valence-corrected chi connectivity index (χ2v) is 29.7. The average Bonchev–Trinajstić information content (AvgIpc) is 3.56. The molecule has 5 atom stereocenters. The Balaban J connectivity index is 5.13. The smallest absolute Gasteiger partial charge is 0.462 e. The Kier molecular flexibility index (Phi) is 57.6. The highest BCUT2D eigenvalue weighted by molar-refractivity contribution is 7.47. The highest BCUT2D eigenvalue weighted by Crippen LogP contribution is 2.45. The van der Waals surface area contributed by atoms with Gasteiger partial charge in [0, 0.05) is 25.7 Å². The van der Waals surface area contributed by atoms with E-state index in [0.29, 0.717) is 37.5 Å². The first-order valence-electron chi connectivity index (χ1n) is 35.7. The Morgan fingerprint density at radius 2 is 0.477 bits per heavy atom. The maximum absolute atomic E-state index is 13.0. The van der Waals surface area contributed by atoms with Crippen molar-refractivity contribution in [3.8, 4) is 0 Å². The van der Waals surface area contributed by atoms with Gasteiger partial charge < -0.3 is 33.8 Å². The van der Waals surface area contributed by atoms with Gasteiger partial charge >= 0.3 is 39.5 Å². The molecule has 0 aromatic carbocycles. The van der Waals surface area contributed by atoms with E-state index in [0.717, 1.165) is 102 Å². The van der Waals surface area contributed by atoms with Crippen LogP contribution in [0.3, 0.4) is 0 Å². The van der Waals surface area contributed by atoms with Gasteiger partial charge in [-0.15, -0.1) is 0 Å². The fourth-order valence-corrected chi connectivity index (χ4v) is 11.9. The second kappa shape index (κ2) is 58.8. The van der Waals surface area contributed by atoms with Crippen molar-refractivity contribution in [2.75, 3.05) is 39.6 Å². The normalized spacial score (nSPS) is 14.3. The molecule has 19 heteroatoms. The molecular formula is C69H134O17P2. The number of unbranched alkanes of at least 4 members (excludes halogenated alkanes) is 32. The molecule has 0 heterocycles. The van der Waals surface area contributed by atoms with Gasteiger partial charge in [-0.05, 0) is 49.4 Å². The molecule has 0 fully saturated rings. The van der Waals surface area contributed by atoms with Gasteiger partial charge in [0.2, 0.25) is 0 Å². The van der Waals surface area contributed by atoms with Crippen molar-refractivity contribution in [2.45, 2.75) is 356 Å². The molecule has 17 nitrogen and oxygen atoms in total. The van der Waals surface area contributed by atoms with Crippen LogP contribution in [0, 0.1) is 23.7 Å². The molecule has 0 aliphatic rings. The fraction of sp³-hybridized carbons (Fsp3) is 0.942. The summed E-state index contributed by atoms with van der Waals surface area (Å²) in [6.07, 6.45) is 40.9. The van der Waals surface area contributed by atoms with Gasteiger partial charge in [-0.25, -0.2) is 9.13 Å². The lowest BCUT2D eigenvalue weighted by Crippen LogP contribution is -2.30. The molecule has 88 heavy (non-hydrogen) atoms. The van der Waals surface area contributed by atoms with E-state index in [1.807, 2.05) is 0 Å². The Hall–Kier alpha value is -1.94. The summed E-state index contributed by atoms with van der Waals surface area (Å²) in [5.74, 6) is 0.737. The molecule has 0 saturated carbocycles. The molecule has 0 amide bonds. The van der Waals surface area contributed by atoms with Crippen LogP contribution in [-0.4, -0.2) is 96.7 Å². The van der Waals surface area contributed by atoms with Gasteiger partial charge in [0.25, 0.3) is 0 Å². The van der Waals surface area contributed by atoms with Crippen LogP contribution in [0.15, 0.2) is 0 Å². The molecule has 0 rings (SSSR count). The summed E-state index contributed by atoms with van der Waals surface area (Å²) in [5, 5.41) is 10.6. The summed E-state index contributed by atoms with van der Waals surface area (Å²) in [5.41, 5.74) is 0. The number of esters is 4. The van der Waals surface area contributed by atoms with Crippen molar-refractivity contribution in [1.29, 1.82) is 0 Å². The highest BCUT2D eigenvalue weighted by Gasteiger charge is 2.30. The standard InChI is InChI=1S/C69H134O17P2/c1-59(2)45-37-29-21-17-15-13-11-9-10-12-14-16-18-23-33-41-49-66(71)79-55-64(85-68(73)51-43-35-27-25-31-39-47-61(5)6)57-83-87(75,76)81-53-63(70)54-82-88(77,78)84-58-65(86-69(74)52-44-36-28-26-32-40-48-62(7)8)56-80-67(72)50-42-34-24-20-19-22-30-38-46-60(3)4/h59-65,70H,9-58H2,1-8H3,(H,75,76)(H,77,78)/t63?,64-,65-/m1/s1. The molecule has 3 unspecified atom stereocenters. The van der Waals surface area contributed by atoms with Gasteiger partial charge in [0.15, 0.2) is 12.2 Å². The van der Waals surface area contributed by atoms with Gasteiger partial charge in [-0.3, -0.25) is 37.3 Å². The number of hydrogen-bond donors (Lipinski definition) is 3. The summed E-state index contributed by atoms with van der Waals surface area (Å²) in [6.45, 7) is 13.9. The van der Waals surface area contributed by atoms with Crippen LogP contribution in [0.1, 0.15) is 338 Å². The summed E-state index contributed by atoms with van der Waals surface area (Å²) < 4.78 is 68.1. The molecule has 3 N–H and O–H groups in total. The lowest BCUT2D eigenvalue weighted by molar-refractivity contribution is -0.161. The quantitative estimate of drug-likeness (QED) is 0.0222. The predicted octanol–water partition coefficient (Wildman–Crippen LogP) is 19.3.